The Hall–Kier alpha value is -3.59. The lowest BCUT2D eigenvalue weighted by Crippen LogP contribution is -2.25. The number of aliphatic imine (C=N–C) groups is 1. The van der Waals surface area contributed by atoms with Crippen molar-refractivity contribution in [3.8, 4) is 5.75 Å². The quantitative estimate of drug-likeness (QED) is 0.496. The van der Waals surface area contributed by atoms with Crippen LogP contribution in [0, 0.1) is 0 Å². The minimum Gasteiger partial charge on any atom is -0.496 e. The smallest absolute Gasteiger partial charge is 0.133 e. The van der Waals surface area contributed by atoms with E-state index in [1.807, 2.05) is 18.2 Å². The highest BCUT2D eigenvalue weighted by Gasteiger charge is 2.33. The molecule has 3 heteroatoms. The maximum atomic E-state index is 5.73. The summed E-state index contributed by atoms with van der Waals surface area (Å²) < 4.78 is 5.73. The Morgan fingerprint density at radius 2 is 1.38 bits per heavy atom. The van der Waals surface area contributed by atoms with E-state index >= 15 is 0 Å². The number of nitrogens with one attached hydrogen (secondary N) is 1. The zero-order valence-electron chi connectivity index (χ0n) is 16.2. The number of nitrogens with zero attached hydrogens (tertiary/aromatic N) is 1. The van der Waals surface area contributed by atoms with E-state index < -0.39 is 0 Å². The first-order valence-electron chi connectivity index (χ1n) is 9.85. The van der Waals surface area contributed by atoms with E-state index in [2.05, 4.69) is 84.2 Å². The number of rotatable bonds is 4. The molecule has 0 saturated carbocycles. The molecule has 1 aliphatic rings. The lowest BCUT2D eigenvalue weighted by Gasteiger charge is -2.20. The lowest BCUT2D eigenvalue weighted by atomic mass is 9.95. The van der Waals surface area contributed by atoms with Crippen LogP contribution in [-0.4, -0.2) is 12.9 Å². The van der Waals surface area contributed by atoms with Gasteiger partial charge in [-0.25, -0.2) is 0 Å². The molecule has 3 nitrogen and oxygen atoms in total. The highest BCUT2D eigenvalue weighted by Crippen LogP contribution is 2.39. The molecule has 142 valence electrons. The fourth-order valence-electron chi connectivity index (χ4n) is 4.12. The van der Waals surface area contributed by atoms with Crippen molar-refractivity contribution in [3.63, 3.8) is 0 Å². The predicted molar refractivity (Wildman–Crippen MR) is 119 cm³/mol. The number of fused-ring (bicyclic) bond motifs is 1. The highest BCUT2D eigenvalue weighted by atomic mass is 16.5. The van der Waals surface area contributed by atoms with E-state index in [1.54, 1.807) is 7.11 Å². The molecule has 0 saturated heterocycles. The Bertz CT molecular complexity index is 1170. The molecule has 5 rings (SSSR count). The number of ether oxygens (including phenoxy) is 1. The number of hydrogen-bond donors (Lipinski definition) is 1. The van der Waals surface area contributed by atoms with Gasteiger partial charge in [0.25, 0.3) is 0 Å². The topological polar surface area (TPSA) is 33.6 Å². The molecule has 4 aromatic carbocycles. The summed E-state index contributed by atoms with van der Waals surface area (Å²) in [7, 11) is 1.71. The summed E-state index contributed by atoms with van der Waals surface area (Å²) in [6.07, 6.45) is 0. The molecular weight excluding hydrogens is 356 g/mol. The number of methoxy groups -OCH3 is 1. The van der Waals surface area contributed by atoms with Crippen LogP contribution in [0.1, 0.15) is 28.8 Å². The van der Waals surface area contributed by atoms with Crippen molar-refractivity contribution in [1.82, 2.24) is 5.32 Å². The first-order chi connectivity index (χ1) is 14.3. The van der Waals surface area contributed by atoms with Crippen molar-refractivity contribution in [2.45, 2.75) is 12.1 Å². The Morgan fingerprint density at radius 3 is 2.10 bits per heavy atom. The summed E-state index contributed by atoms with van der Waals surface area (Å²) in [4.78, 5) is 5.17. The van der Waals surface area contributed by atoms with Gasteiger partial charge in [-0.3, -0.25) is 4.99 Å². The van der Waals surface area contributed by atoms with Crippen LogP contribution in [0.3, 0.4) is 0 Å². The Balaban J connectivity index is 1.68. The molecule has 0 amide bonds. The maximum Gasteiger partial charge on any atom is 0.133 e. The van der Waals surface area contributed by atoms with Gasteiger partial charge in [0.1, 0.15) is 17.6 Å². The summed E-state index contributed by atoms with van der Waals surface area (Å²) in [5.41, 5.74) is 3.44. The molecule has 0 spiro atoms. The predicted octanol–water partition coefficient (Wildman–Crippen LogP) is 5.68. The van der Waals surface area contributed by atoms with E-state index in [0.29, 0.717) is 0 Å². The van der Waals surface area contributed by atoms with Gasteiger partial charge in [-0.15, -0.1) is 0 Å². The van der Waals surface area contributed by atoms with Crippen LogP contribution in [0.2, 0.25) is 0 Å². The molecular formula is C26H22N2O. The van der Waals surface area contributed by atoms with Gasteiger partial charge in [0.15, 0.2) is 0 Å². The van der Waals surface area contributed by atoms with Crippen molar-refractivity contribution in [3.05, 3.63) is 114 Å². The first kappa shape index (κ1) is 17.5. The first-order valence-corrected chi connectivity index (χ1v) is 9.85. The second-order valence-electron chi connectivity index (χ2n) is 7.23. The summed E-state index contributed by atoms with van der Waals surface area (Å²) in [6.45, 7) is 0. The SMILES string of the molecule is COc1ccc2ccccc2c1C1=N[C@@H](c2ccccc2)[C@H](c2ccccc2)N1. The average Bonchev–Trinajstić information content (AvgIpc) is 3.24. The highest BCUT2D eigenvalue weighted by molar-refractivity contribution is 6.13. The largest absolute Gasteiger partial charge is 0.496 e. The van der Waals surface area contributed by atoms with Crippen LogP contribution >= 0.6 is 0 Å². The zero-order chi connectivity index (χ0) is 19.6. The van der Waals surface area contributed by atoms with E-state index in [-0.39, 0.29) is 12.1 Å². The van der Waals surface area contributed by atoms with Crippen molar-refractivity contribution in [1.29, 1.82) is 0 Å². The second-order valence-corrected chi connectivity index (χ2v) is 7.23. The van der Waals surface area contributed by atoms with Crippen molar-refractivity contribution >= 4 is 16.6 Å². The Kier molecular flexibility index (Phi) is 4.49. The van der Waals surface area contributed by atoms with Crippen LogP contribution < -0.4 is 10.1 Å². The number of hydrogen-bond acceptors (Lipinski definition) is 3. The van der Waals surface area contributed by atoms with Crippen molar-refractivity contribution in [2.24, 2.45) is 4.99 Å². The Labute approximate surface area is 170 Å². The monoisotopic (exact) mass is 378 g/mol. The van der Waals surface area contributed by atoms with Crippen LogP contribution in [-0.2, 0) is 0 Å². The van der Waals surface area contributed by atoms with Gasteiger partial charge in [0.2, 0.25) is 0 Å². The average molecular weight is 378 g/mol. The zero-order valence-corrected chi connectivity index (χ0v) is 16.2. The third kappa shape index (κ3) is 3.15. The molecule has 4 aromatic rings. The molecule has 0 aliphatic carbocycles. The third-order valence-electron chi connectivity index (χ3n) is 5.52. The van der Waals surface area contributed by atoms with Crippen LogP contribution in [0.15, 0.2) is 102 Å². The van der Waals surface area contributed by atoms with Gasteiger partial charge < -0.3 is 10.1 Å². The summed E-state index contributed by atoms with van der Waals surface area (Å²) >= 11 is 0. The van der Waals surface area contributed by atoms with Crippen molar-refractivity contribution < 1.29 is 4.74 Å². The maximum absolute atomic E-state index is 5.73. The molecule has 1 heterocycles. The number of amidine groups is 1. The molecule has 0 unspecified atom stereocenters. The standard InChI is InChI=1S/C26H22N2O/c1-29-22-17-16-18-10-8-9-15-21(18)23(22)26-27-24(19-11-4-2-5-12-19)25(28-26)20-13-6-3-7-14-20/h2-17,24-25H,1H3,(H,27,28)/t24-,25-/m0/s1. The van der Waals surface area contributed by atoms with Gasteiger partial charge in [-0.05, 0) is 28.0 Å². The Morgan fingerprint density at radius 1 is 0.724 bits per heavy atom. The van der Waals surface area contributed by atoms with Gasteiger partial charge >= 0.3 is 0 Å². The third-order valence-corrected chi connectivity index (χ3v) is 5.52. The molecule has 0 radical (unpaired) electrons. The van der Waals surface area contributed by atoms with Gasteiger partial charge in [0.05, 0.1) is 18.7 Å². The fraction of sp³-hybridized carbons (Fsp3) is 0.115. The summed E-state index contributed by atoms with van der Waals surface area (Å²) in [5, 5.41) is 6.02. The van der Waals surface area contributed by atoms with E-state index in [0.717, 1.165) is 22.5 Å². The van der Waals surface area contributed by atoms with Gasteiger partial charge in [-0.1, -0.05) is 91.0 Å². The molecule has 1 aliphatic heterocycles. The molecule has 29 heavy (non-hydrogen) atoms. The van der Waals surface area contributed by atoms with Crippen molar-refractivity contribution in [2.75, 3.05) is 7.11 Å². The van der Waals surface area contributed by atoms with Gasteiger partial charge in [-0.2, -0.15) is 0 Å². The van der Waals surface area contributed by atoms with Crippen LogP contribution in [0.5, 0.6) is 5.75 Å². The van der Waals surface area contributed by atoms with Crippen LogP contribution in [0.25, 0.3) is 10.8 Å². The fourth-order valence-corrected chi connectivity index (χ4v) is 4.12. The normalized spacial score (nSPS) is 18.3. The summed E-state index contributed by atoms with van der Waals surface area (Å²) in [5.74, 6) is 1.71. The van der Waals surface area contributed by atoms with E-state index in [1.165, 1.54) is 16.5 Å². The molecule has 2 atom stereocenters. The second kappa shape index (κ2) is 7.44. The van der Waals surface area contributed by atoms with Gasteiger partial charge in [0, 0.05) is 0 Å². The van der Waals surface area contributed by atoms with E-state index in [4.69, 9.17) is 9.73 Å². The number of benzene rings is 4. The molecule has 0 aromatic heterocycles. The van der Waals surface area contributed by atoms with Crippen LogP contribution in [0.4, 0.5) is 0 Å². The lowest BCUT2D eigenvalue weighted by molar-refractivity contribution is 0.414. The minimum atomic E-state index is -0.00252. The summed E-state index contributed by atoms with van der Waals surface area (Å²) in [6, 6.07) is 33.6. The van der Waals surface area contributed by atoms with E-state index in [9.17, 15) is 0 Å². The molecule has 1 N–H and O–H groups in total. The molecule has 0 bridgehead atoms. The minimum absolute atomic E-state index is 0.00252. The molecule has 0 fully saturated rings.